The third kappa shape index (κ3) is 3.27. The van der Waals surface area contributed by atoms with Gasteiger partial charge in [-0.1, -0.05) is 6.07 Å². The molecule has 0 saturated carbocycles. The fourth-order valence-electron chi connectivity index (χ4n) is 2.16. The van der Waals surface area contributed by atoms with E-state index in [-0.39, 0.29) is 12.5 Å². The molecule has 0 aliphatic carbocycles. The van der Waals surface area contributed by atoms with Gasteiger partial charge in [-0.15, -0.1) is 0 Å². The van der Waals surface area contributed by atoms with Gasteiger partial charge in [0.25, 0.3) is 0 Å². The average molecular weight is 270 g/mol. The van der Waals surface area contributed by atoms with Crippen LogP contribution in [0.3, 0.4) is 0 Å². The summed E-state index contributed by atoms with van der Waals surface area (Å²) in [6, 6.07) is 3.15. The molecular formula is C13H16F2N2O2. The summed E-state index contributed by atoms with van der Waals surface area (Å²) in [5.41, 5.74) is 0.522. The Hall–Kier alpha value is -1.53. The van der Waals surface area contributed by atoms with Gasteiger partial charge in [0, 0.05) is 20.1 Å². The van der Waals surface area contributed by atoms with Crippen LogP contribution in [0.1, 0.15) is 12.0 Å². The monoisotopic (exact) mass is 270 g/mol. The molecular weight excluding hydrogens is 254 g/mol. The van der Waals surface area contributed by atoms with Crippen LogP contribution >= 0.6 is 0 Å². The Labute approximate surface area is 110 Å². The van der Waals surface area contributed by atoms with Crippen LogP contribution < -0.4 is 5.32 Å². The van der Waals surface area contributed by atoms with Crippen molar-refractivity contribution < 1.29 is 18.7 Å². The minimum absolute atomic E-state index is 0.165. The van der Waals surface area contributed by atoms with Crippen LogP contribution in [-0.4, -0.2) is 41.7 Å². The van der Waals surface area contributed by atoms with Crippen LogP contribution in [0.25, 0.3) is 0 Å². The van der Waals surface area contributed by atoms with Crippen LogP contribution in [0.5, 0.6) is 0 Å². The maximum Gasteiger partial charge on any atom is 0.239 e. The number of amides is 1. The lowest BCUT2D eigenvalue weighted by atomic mass is 10.1. The van der Waals surface area contributed by atoms with Gasteiger partial charge < -0.3 is 15.3 Å². The zero-order valence-electron chi connectivity index (χ0n) is 10.6. The van der Waals surface area contributed by atoms with Gasteiger partial charge in [0.05, 0.1) is 12.1 Å². The summed E-state index contributed by atoms with van der Waals surface area (Å²) in [7, 11) is 1.59. The first-order chi connectivity index (χ1) is 8.97. The summed E-state index contributed by atoms with van der Waals surface area (Å²) < 4.78 is 25.8. The van der Waals surface area contributed by atoms with Crippen molar-refractivity contribution in [3.63, 3.8) is 0 Å². The minimum Gasteiger partial charge on any atom is -0.392 e. The lowest BCUT2D eigenvalue weighted by Crippen LogP contribution is -2.41. The summed E-state index contributed by atoms with van der Waals surface area (Å²) in [5.74, 6) is -1.99. The fraction of sp³-hybridized carbons (Fsp3) is 0.462. The molecule has 0 radical (unpaired) electrons. The number of nitrogens with one attached hydrogen (secondary N) is 1. The molecule has 1 amide bonds. The summed E-state index contributed by atoms with van der Waals surface area (Å²) in [6.07, 6.45) is -0.133. The van der Waals surface area contributed by atoms with Gasteiger partial charge in [0.15, 0.2) is 11.6 Å². The standard InChI is InChI=1S/C13H16F2N2O2/c1-17(13(19)12-5-9(18)6-16-12)7-8-2-3-10(14)11(15)4-8/h2-4,9,12,16,18H,5-7H2,1H3/t9-,12+/m0/s1. The normalized spacial score (nSPS) is 22.5. The molecule has 0 spiro atoms. The van der Waals surface area contributed by atoms with E-state index in [9.17, 15) is 18.7 Å². The minimum atomic E-state index is -0.923. The van der Waals surface area contributed by atoms with Crippen molar-refractivity contribution >= 4 is 5.91 Å². The van der Waals surface area contributed by atoms with Crippen LogP contribution in [-0.2, 0) is 11.3 Å². The summed E-state index contributed by atoms with van der Waals surface area (Å²) in [6.45, 7) is 0.597. The molecule has 1 aliphatic rings. The quantitative estimate of drug-likeness (QED) is 0.848. The summed E-state index contributed by atoms with van der Waals surface area (Å²) in [5, 5.41) is 12.3. The van der Waals surface area contributed by atoms with E-state index >= 15 is 0 Å². The molecule has 0 bridgehead atoms. The fourth-order valence-corrected chi connectivity index (χ4v) is 2.16. The van der Waals surface area contributed by atoms with Crippen LogP contribution in [0.15, 0.2) is 18.2 Å². The smallest absolute Gasteiger partial charge is 0.239 e. The van der Waals surface area contributed by atoms with E-state index < -0.39 is 23.8 Å². The number of β-amino-alcohol motifs (C(OH)–C–C–N with tert-alkyl or cyclic N) is 1. The third-order valence-corrected chi connectivity index (χ3v) is 3.19. The van der Waals surface area contributed by atoms with Gasteiger partial charge in [-0.3, -0.25) is 4.79 Å². The van der Waals surface area contributed by atoms with Crippen molar-refractivity contribution in [2.45, 2.75) is 25.1 Å². The van der Waals surface area contributed by atoms with Gasteiger partial charge >= 0.3 is 0 Å². The Balaban J connectivity index is 1.98. The Kier molecular flexibility index (Phi) is 4.11. The highest BCUT2D eigenvalue weighted by Crippen LogP contribution is 2.13. The number of hydrogen-bond acceptors (Lipinski definition) is 3. The van der Waals surface area contributed by atoms with Crippen molar-refractivity contribution in [3.8, 4) is 0 Å². The summed E-state index contributed by atoms with van der Waals surface area (Å²) >= 11 is 0. The summed E-state index contributed by atoms with van der Waals surface area (Å²) in [4.78, 5) is 13.5. The molecule has 19 heavy (non-hydrogen) atoms. The van der Waals surface area contributed by atoms with E-state index in [4.69, 9.17) is 0 Å². The molecule has 1 fully saturated rings. The molecule has 1 aromatic carbocycles. The number of aliphatic hydroxyl groups is 1. The van der Waals surface area contributed by atoms with E-state index in [2.05, 4.69) is 5.32 Å². The lowest BCUT2D eigenvalue weighted by Gasteiger charge is -2.21. The molecule has 104 valence electrons. The van der Waals surface area contributed by atoms with Gasteiger partial charge in [-0.2, -0.15) is 0 Å². The molecule has 1 aromatic rings. The first kappa shape index (κ1) is 13.9. The van der Waals surface area contributed by atoms with Crippen molar-refractivity contribution in [2.24, 2.45) is 0 Å². The third-order valence-electron chi connectivity index (χ3n) is 3.19. The predicted octanol–water partition coefficient (Wildman–Crippen LogP) is 0.646. The largest absolute Gasteiger partial charge is 0.392 e. The highest BCUT2D eigenvalue weighted by molar-refractivity contribution is 5.82. The molecule has 2 rings (SSSR count). The van der Waals surface area contributed by atoms with E-state index in [0.717, 1.165) is 12.1 Å². The van der Waals surface area contributed by atoms with Gasteiger partial charge in [-0.25, -0.2) is 8.78 Å². The SMILES string of the molecule is CN(Cc1ccc(F)c(F)c1)C(=O)[C@H]1C[C@H](O)CN1. The van der Waals surface area contributed by atoms with Crippen LogP contribution in [0.4, 0.5) is 8.78 Å². The number of likely N-dealkylation sites (N-methyl/N-ethyl adjacent to an activating group) is 1. The zero-order valence-corrected chi connectivity index (χ0v) is 10.6. The van der Waals surface area contributed by atoms with E-state index in [1.807, 2.05) is 0 Å². The second-order valence-electron chi connectivity index (χ2n) is 4.79. The topological polar surface area (TPSA) is 52.6 Å². The number of nitrogens with zero attached hydrogens (tertiary/aromatic N) is 1. The number of benzene rings is 1. The molecule has 0 aromatic heterocycles. The molecule has 6 heteroatoms. The van der Waals surface area contributed by atoms with Crippen LogP contribution in [0.2, 0.25) is 0 Å². The Morgan fingerprint density at radius 3 is 2.79 bits per heavy atom. The molecule has 2 N–H and O–H groups in total. The first-order valence-electron chi connectivity index (χ1n) is 6.07. The number of carbonyl (C=O) groups is 1. The predicted molar refractivity (Wildman–Crippen MR) is 65.2 cm³/mol. The average Bonchev–Trinajstić information content (AvgIpc) is 2.79. The van der Waals surface area contributed by atoms with Gasteiger partial charge in [0.2, 0.25) is 5.91 Å². The van der Waals surface area contributed by atoms with Crippen molar-refractivity contribution in [3.05, 3.63) is 35.4 Å². The Morgan fingerprint density at radius 2 is 2.21 bits per heavy atom. The molecule has 2 atom stereocenters. The highest BCUT2D eigenvalue weighted by Gasteiger charge is 2.30. The van der Waals surface area contributed by atoms with E-state index in [1.54, 1.807) is 7.05 Å². The lowest BCUT2D eigenvalue weighted by molar-refractivity contribution is -0.132. The maximum atomic E-state index is 13.1. The van der Waals surface area contributed by atoms with Gasteiger partial charge in [-0.05, 0) is 24.1 Å². The Bertz CT molecular complexity index is 482. The van der Waals surface area contributed by atoms with Crippen molar-refractivity contribution in [2.75, 3.05) is 13.6 Å². The Morgan fingerprint density at radius 1 is 1.47 bits per heavy atom. The number of carbonyl (C=O) groups excluding carboxylic acids is 1. The van der Waals surface area contributed by atoms with E-state index in [1.165, 1.54) is 11.0 Å². The second kappa shape index (κ2) is 5.63. The zero-order chi connectivity index (χ0) is 14.0. The number of rotatable bonds is 3. The van der Waals surface area contributed by atoms with E-state index in [0.29, 0.717) is 18.5 Å². The highest BCUT2D eigenvalue weighted by atomic mass is 19.2. The first-order valence-corrected chi connectivity index (χ1v) is 6.07. The second-order valence-corrected chi connectivity index (χ2v) is 4.79. The maximum absolute atomic E-state index is 13.1. The van der Waals surface area contributed by atoms with Crippen molar-refractivity contribution in [1.82, 2.24) is 10.2 Å². The van der Waals surface area contributed by atoms with Gasteiger partial charge in [0.1, 0.15) is 0 Å². The van der Waals surface area contributed by atoms with Crippen molar-refractivity contribution in [1.29, 1.82) is 0 Å². The molecule has 4 nitrogen and oxygen atoms in total. The molecule has 1 saturated heterocycles. The number of hydrogen-bond donors (Lipinski definition) is 2. The number of halogens is 2. The molecule has 1 aliphatic heterocycles. The molecule has 1 heterocycles. The molecule has 0 unspecified atom stereocenters. The number of aliphatic hydroxyl groups excluding tert-OH is 1. The van der Waals surface area contributed by atoms with Crippen LogP contribution in [0, 0.1) is 11.6 Å².